The largest absolute Gasteiger partial charge is 0.503 e. The Bertz CT molecular complexity index is 675. The van der Waals surface area contributed by atoms with Gasteiger partial charge in [-0.25, -0.2) is 5.43 Å². The van der Waals surface area contributed by atoms with Gasteiger partial charge in [0.15, 0.2) is 11.5 Å². The van der Waals surface area contributed by atoms with Crippen LogP contribution in [0.15, 0.2) is 46.1 Å². The number of nitrogens with zero attached hydrogens (tertiary/aromatic N) is 2. The third kappa shape index (κ3) is 3.79. The van der Waals surface area contributed by atoms with Crippen LogP contribution in [0.4, 0.5) is 0 Å². The van der Waals surface area contributed by atoms with E-state index in [4.69, 9.17) is 4.74 Å². The van der Waals surface area contributed by atoms with E-state index >= 15 is 0 Å². The van der Waals surface area contributed by atoms with Crippen LogP contribution in [0, 0.1) is 0 Å². The van der Waals surface area contributed by atoms with E-state index in [0.717, 1.165) is 0 Å². The number of benzene rings is 1. The zero-order valence-corrected chi connectivity index (χ0v) is 12.7. The third-order valence-corrected chi connectivity index (χ3v) is 3.15. The second-order valence-electron chi connectivity index (χ2n) is 3.97. The molecule has 0 aliphatic carbocycles. The third-order valence-electron chi connectivity index (χ3n) is 2.55. The molecule has 2 rings (SSSR count). The Labute approximate surface area is 129 Å². The molecule has 1 aromatic heterocycles. The number of ether oxygens (including phenoxy) is 1. The maximum Gasteiger partial charge on any atom is 0.289 e. The summed E-state index contributed by atoms with van der Waals surface area (Å²) in [4.78, 5) is 15.6. The van der Waals surface area contributed by atoms with Crippen molar-refractivity contribution in [2.45, 2.75) is 0 Å². The minimum absolute atomic E-state index is 0.00664. The van der Waals surface area contributed by atoms with Gasteiger partial charge in [0.05, 0.1) is 17.8 Å². The van der Waals surface area contributed by atoms with Gasteiger partial charge in [-0.3, -0.25) is 9.78 Å². The number of phenolic OH excluding ortho intramolecular Hbond substituents is 1. The molecule has 2 aromatic rings. The van der Waals surface area contributed by atoms with E-state index in [1.165, 1.54) is 19.5 Å². The van der Waals surface area contributed by atoms with Crippen molar-refractivity contribution in [3.05, 3.63) is 52.3 Å². The maximum absolute atomic E-state index is 11.7. The highest BCUT2D eigenvalue weighted by molar-refractivity contribution is 9.10. The van der Waals surface area contributed by atoms with E-state index < -0.39 is 5.91 Å². The second-order valence-corrected chi connectivity index (χ2v) is 4.82. The minimum atomic E-state index is -0.406. The van der Waals surface area contributed by atoms with Gasteiger partial charge in [-0.1, -0.05) is 6.07 Å². The van der Waals surface area contributed by atoms with Crippen molar-refractivity contribution in [3.8, 4) is 11.5 Å². The molecule has 7 heteroatoms. The summed E-state index contributed by atoms with van der Waals surface area (Å²) in [6.45, 7) is 0. The molecule has 0 spiro atoms. The average molecular weight is 350 g/mol. The van der Waals surface area contributed by atoms with Gasteiger partial charge >= 0.3 is 0 Å². The molecule has 0 saturated carbocycles. The van der Waals surface area contributed by atoms with Gasteiger partial charge in [-0.2, -0.15) is 5.10 Å². The molecule has 108 valence electrons. The number of phenols is 1. The van der Waals surface area contributed by atoms with E-state index in [2.05, 4.69) is 31.4 Å². The number of hydrazone groups is 1. The molecule has 1 amide bonds. The molecule has 0 radical (unpaired) electrons. The number of carbonyl (C=O) groups is 1. The number of pyridine rings is 1. The Morgan fingerprint density at radius 2 is 2.29 bits per heavy atom. The van der Waals surface area contributed by atoms with Crippen LogP contribution in [0.5, 0.6) is 11.5 Å². The fraction of sp³-hybridized carbons (Fsp3) is 0.0714. The van der Waals surface area contributed by atoms with Crippen LogP contribution in [0.2, 0.25) is 0 Å². The Morgan fingerprint density at radius 1 is 1.48 bits per heavy atom. The average Bonchev–Trinajstić information content (AvgIpc) is 2.51. The SMILES string of the molecule is COc1cc(/C=N\NC(=O)c2ccccn2)cc(Br)c1O. The second kappa shape index (κ2) is 6.85. The normalized spacial score (nSPS) is 10.6. The molecule has 6 nitrogen and oxygen atoms in total. The van der Waals surface area contributed by atoms with Crippen LogP contribution in [0.1, 0.15) is 16.1 Å². The van der Waals surface area contributed by atoms with Crippen molar-refractivity contribution >= 4 is 28.1 Å². The first-order valence-electron chi connectivity index (χ1n) is 5.92. The Balaban J connectivity index is 2.08. The van der Waals surface area contributed by atoms with Crippen molar-refractivity contribution in [1.29, 1.82) is 0 Å². The lowest BCUT2D eigenvalue weighted by molar-refractivity contribution is 0.0950. The van der Waals surface area contributed by atoms with Crippen LogP contribution >= 0.6 is 15.9 Å². The quantitative estimate of drug-likeness (QED) is 0.655. The Kier molecular flexibility index (Phi) is 4.89. The lowest BCUT2D eigenvalue weighted by Crippen LogP contribution is -2.18. The van der Waals surface area contributed by atoms with Gasteiger partial charge in [0.25, 0.3) is 5.91 Å². The number of hydrogen-bond acceptors (Lipinski definition) is 5. The van der Waals surface area contributed by atoms with Crippen molar-refractivity contribution in [2.75, 3.05) is 7.11 Å². The molecule has 0 atom stereocenters. The predicted octanol–water partition coefficient (Wildman–Crippen LogP) is 2.32. The van der Waals surface area contributed by atoms with Crippen LogP contribution < -0.4 is 10.2 Å². The predicted molar refractivity (Wildman–Crippen MR) is 81.7 cm³/mol. The summed E-state index contributed by atoms with van der Waals surface area (Å²) in [6.07, 6.45) is 2.97. The fourth-order valence-electron chi connectivity index (χ4n) is 1.54. The van der Waals surface area contributed by atoms with Crippen LogP contribution in [0.3, 0.4) is 0 Å². The van der Waals surface area contributed by atoms with Gasteiger partial charge in [-0.15, -0.1) is 0 Å². The molecule has 0 saturated heterocycles. The van der Waals surface area contributed by atoms with E-state index in [9.17, 15) is 9.90 Å². The molecular weight excluding hydrogens is 338 g/mol. The minimum Gasteiger partial charge on any atom is -0.503 e. The van der Waals surface area contributed by atoms with Gasteiger partial charge < -0.3 is 9.84 Å². The molecular formula is C14H12BrN3O3. The highest BCUT2D eigenvalue weighted by Gasteiger charge is 2.08. The smallest absolute Gasteiger partial charge is 0.289 e. The van der Waals surface area contributed by atoms with Gasteiger partial charge in [-0.05, 0) is 45.8 Å². The van der Waals surface area contributed by atoms with Gasteiger partial charge in [0.1, 0.15) is 5.69 Å². The summed E-state index contributed by atoms with van der Waals surface area (Å²) < 4.78 is 5.50. The first kappa shape index (κ1) is 15.0. The molecule has 0 unspecified atom stereocenters. The first-order valence-corrected chi connectivity index (χ1v) is 6.72. The number of nitrogens with one attached hydrogen (secondary N) is 1. The zero-order valence-electron chi connectivity index (χ0n) is 11.1. The van der Waals surface area contributed by atoms with E-state index in [1.807, 2.05) is 0 Å². The van der Waals surface area contributed by atoms with Gasteiger partial charge in [0.2, 0.25) is 0 Å². The molecule has 0 aliphatic rings. The highest BCUT2D eigenvalue weighted by atomic mass is 79.9. The Hall–Kier alpha value is -2.41. The monoisotopic (exact) mass is 349 g/mol. The summed E-state index contributed by atoms with van der Waals surface area (Å²) >= 11 is 3.21. The molecule has 0 fully saturated rings. The summed E-state index contributed by atoms with van der Waals surface area (Å²) in [6, 6.07) is 8.27. The zero-order chi connectivity index (χ0) is 15.2. The summed E-state index contributed by atoms with van der Waals surface area (Å²) in [7, 11) is 1.45. The van der Waals surface area contributed by atoms with Crippen molar-refractivity contribution in [2.24, 2.45) is 5.10 Å². The summed E-state index contributed by atoms with van der Waals surface area (Å²) in [5.74, 6) is -0.0919. The van der Waals surface area contributed by atoms with E-state index in [0.29, 0.717) is 15.8 Å². The number of carbonyl (C=O) groups excluding carboxylic acids is 1. The van der Waals surface area contributed by atoms with Crippen molar-refractivity contribution in [1.82, 2.24) is 10.4 Å². The molecule has 2 N–H and O–H groups in total. The summed E-state index contributed by atoms with van der Waals surface area (Å²) in [5, 5.41) is 13.5. The summed E-state index contributed by atoms with van der Waals surface area (Å²) in [5.41, 5.74) is 3.30. The van der Waals surface area contributed by atoms with E-state index in [-0.39, 0.29) is 11.4 Å². The molecule has 1 heterocycles. The fourth-order valence-corrected chi connectivity index (χ4v) is 2.00. The molecule has 1 aromatic carbocycles. The first-order chi connectivity index (χ1) is 10.1. The number of aromatic nitrogens is 1. The van der Waals surface area contributed by atoms with Gasteiger partial charge in [0, 0.05) is 6.20 Å². The highest BCUT2D eigenvalue weighted by Crippen LogP contribution is 2.34. The molecule has 0 bridgehead atoms. The number of aromatic hydroxyl groups is 1. The lowest BCUT2D eigenvalue weighted by Gasteiger charge is -2.06. The topological polar surface area (TPSA) is 83.8 Å². The van der Waals surface area contributed by atoms with E-state index in [1.54, 1.807) is 30.3 Å². The molecule has 21 heavy (non-hydrogen) atoms. The van der Waals surface area contributed by atoms with Crippen LogP contribution in [-0.4, -0.2) is 29.3 Å². The number of methoxy groups -OCH3 is 1. The molecule has 0 aliphatic heterocycles. The van der Waals surface area contributed by atoms with Crippen LogP contribution in [-0.2, 0) is 0 Å². The maximum atomic E-state index is 11.7. The van der Waals surface area contributed by atoms with Crippen molar-refractivity contribution in [3.63, 3.8) is 0 Å². The van der Waals surface area contributed by atoms with Crippen LogP contribution in [0.25, 0.3) is 0 Å². The lowest BCUT2D eigenvalue weighted by atomic mass is 10.2. The number of rotatable bonds is 4. The number of halogens is 1. The standard InChI is InChI=1S/C14H12BrN3O3/c1-21-12-7-9(6-10(15)13(12)19)8-17-18-14(20)11-4-2-3-5-16-11/h2-8,19H,1H3,(H,18,20)/b17-8-. The Morgan fingerprint density at radius 3 is 2.95 bits per heavy atom. The van der Waals surface area contributed by atoms with Crippen molar-refractivity contribution < 1.29 is 14.6 Å². The number of amides is 1. The number of hydrogen-bond donors (Lipinski definition) is 2.